The molecule has 0 heterocycles. The van der Waals surface area contributed by atoms with Crippen molar-refractivity contribution >= 4 is 0 Å². The maximum Gasteiger partial charge on any atom is 0.0589 e. The molecule has 0 aliphatic rings. The third-order valence-corrected chi connectivity index (χ3v) is 1.93. The molecule has 0 fully saturated rings. The van der Waals surface area contributed by atoms with E-state index in [1.807, 2.05) is 6.92 Å². The second kappa shape index (κ2) is 7.49. The van der Waals surface area contributed by atoms with Gasteiger partial charge in [-0.1, -0.05) is 0 Å². The number of nitrogens with zero attached hydrogens (tertiary/aromatic N) is 1. The van der Waals surface area contributed by atoms with Crippen LogP contribution in [0.2, 0.25) is 0 Å². The molecule has 4 nitrogen and oxygen atoms in total. The predicted molar refractivity (Wildman–Crippen MR) is 49.1 cm³/mol. The third-order valence-electron chi connectivity index (χ3n) is 1.93. The van der Waals surface area contributed by atoms with Crippen LogP contribution in [0.25, 0.3) is 0 Å². The molecule has 0 radical (unpaired) electrons. The molecule has 0 aromatic heterocycles. The Hall–Kier alpha value is -0.160. The molecule has 0 rings (SSSR count). The minimum Gasteiger partial charge on any atom is -0.395 e. The Labute approximate surface area is 74.3 Å². The lowest BCUT2D eigenvalue weighted by Gasteiger charge is -2.26. The summed E-state index contributed by atoms with van der Waals surface area (Å²) in [5.74, 6) is 0. The van der Waals surface area contributed by atoms with Gasteiger partial charge in [0.1, 0.15) is 0 Å². The molecular formula is C8H20N2O2. The van der Waals surface area contributed by atoms with Crippen molar-refractivity contribution in [1.82, 2.24) is 4.90 Å². The van der Waals surface area contributed by atoms with Crippen molar-refractivity contribution in [2.45, 2.75) is 13.0 Å². The molecule has 0 spiro atoms. The summed E-state index contributed by atoms with van der Waals surface area (Å²) in [5.41, 5.74) is 5.51. The quantitative estimate of drug-likeness (QED) is 0.537. The van der Waals surface area contributed by atoms with Crippen LogP contribution in [-0.2, 0) is 4.74 Å². The van der Waals surface area contributed by atoms with E-state index in [0.29, 0.717) is 25.7 Å². The highest BCUT2D eigenvalue weighted by molar-refractivity contribution is 4.66. The molecule has 0 aromatic carbocycles. The van der Waals surface area contributed by atoms with E-state index in [9.17, 15) is 0 Å². The summed E-state index contributed by atoms with van der Waals surface area (Å²) >= 11 is 0. The molecule has 74 valence electrons. The summed E-state index contributed by atoms with van der Waals surface area (Å²) in [4.78, 5) is 2.11. The maximum absolute atomic E-state index is 8.76. The third kappa shape index (κ3) is 4.66. The number of hydrogen-bond acceptors (Lipinski definition) is 4. The molecule has 12 heavy (non-hydrogen) atoms. The smallest absolute Gasteiger partial charge is 0.0589 e. The molecule has 0 aliphatic carbocycles. The van der Waals surface area contributed by atoms with Gasteiger partial charge in [-0.3, -0.25) is 4.90 Å². The maximum atomic E-state index is 8.76. The van der Waals surface area contributed by atoms with Crippen molar-refractivity contribution in [1.29, 1.82) is 0 Å². The van der Waals surface area contributed by atoms with Crippen LogP contribution in [0.15, 0.2) is 0 Å². The van der Waals surface area contributed by atoms with Crippen LogP contribution in [0.1, 0.15) is 6.92 Å². The van der Waals surface area contributed by atoms with E-state index in [2.05, 4.69) is 4.90 Å². The van der Waals surface area contributed by atoms with E-state index in [4.69, 9.17) is 15.6 Å². The zero-order chi connectivity index (χ0) is 9.40. The Morgan fingerprint density at radius 3 is 2.58 bits per heavy atom. The van der Waals surface area contributed by atoms with Crippen molar-refractivity contribution in [2.24, 2.45) is 5.73 Å². The van der Waals surface area contributed by atoms with Crippen molar-refractivity contribution in [2.75, 3.05) is 40.0 Å². The van der Waals surface area contributed by atoms with E-state index in [-0.39, 0.29) is 6.61 Å². The number of rotatable bonds is 7. The van der Waals surface area contributed by atoms with Crippen molar-refractivity contribution < 1.29 is 9.84 Å². The van der Waals surface area contributed by atoms with Crippen molar-refractivity contribution in [3.63, 3.8) is 0 Å². The van der Waals surface area contributed by atoms with Crippen LogP contribution in [0.3, 0.4) is 0 Å². The van der Waals surface area contributed by atoms with Crippen molar-refractivity contribution in [3.05, 3.63) is 0 Å². The second-order valence-electron chi connectivity index (χ2n) is 2.84. The van der Waals surface area contributed by atoms with E-state index in [0.717, 1.165) is 6.54 Å². The Balaban J connectivity index is 3.68. The fourth-order valence-corrected chi connectivity index (χ4v) is 1.04. The van der Waals surface area contributed by atoms with Crippen LogP contribution in [0.5, 0.6) is 0 Å². The van der Waals surface area contributed by atoms with Gasteiger partial charge in [-0.05, 0) is 6.92 Å². The Bertz CT molecular complexity index is 101. The Morgan fingerprint density at radius 2 is 2.17 bits per heavy atom. The Morgan fingerprint density at radius 1 is 1.50 bits per heavy atom. The predicted octanol–water partition coefficient (Wildman–Crippen LogP) is -0.726. The normalized spacial score (nSPS) is 13.8. The zero-order valence-electron chi connectivity index (χ0n) is 7.99. The summed E-state index contributed by atoms with van der Waals surface area (Å²) in [6, 6.07) is 0.312. The topological polar surface area (TPSA) is 58.7 Å². The molecule has 0 amide bonds. The number of nitrogens with two attached hydrogens (primary N) is 1. The summed E-state index contributed by atoms with van der Waals surface area (Å²) in [7, 11) is 1.67. The number of aliphatic hydroxyl groups is 1. The molecule has 0 aliphatic heterocycles. The van der Waals surface area contributed by atoms with Gasteiger partial charge in [0, 0.05) is 32.8 Å². The molecule has 0 saturated carbocycles. The van der Waals surface area contributed by atoms with Crippen LogP contribution in [-0.4, -0.2) is 56.0 Å². The van der Waals surface area contributed by atoms with Gasteiger partial charge in [0.25, 0.3) is 0 Å². The average Bonchev–Trinajstić information content (AvgIpc) is 2.11. The molecule has 0 bridgehead atoms. The zero-order valence-corrected chi connectivity index (χ0v) is 7.99. The first-order valence-electron chi connectivity index (χ1n) is 4.30. The highest BCUT2D eigenvalue weighted by Crippen LogP contribution is 1.95. The lowest BCUT2D eigenvalue weighted by atomic mass is 10.3. The average molecular weight is 176 g/mol. The lowest BCUT2D eigenvalue weighted by molar-refractivity contribution is 0.109. The number of ether oxygens (including phenoxy) is 1. The Kier molecular flexibility index (Phi) is 7.39. The van der Waals surface area contributed by atoms with Gasteiger partial charge < -0.3 is 15.6 Å². The molecule has 0 saturated heterocycles. The largest absolute Gasteiger partial charge is 0.395 e. The van der Waals surface area contributed by atoms with E-state index < -0.39 is 0 Å². The summed E-state index contributed by atoms with van der Waals surface area (Å²) < 4.78 is 4.95. The number of hydrogen-bond donors (Lipinski definition) is 2. The fourth-order valence-electron chi connectivity index (χ4n) is 1.04. The number of methoxy groups -OCH3 is 1. The van der Waals surface area contributed by atoms with Crippen LogP contribution in [0, 0.1) is 0 Å². The van der Waals surface area contributed by atoms with Crippen LogP contribution >= 0.6 is 0 Å². The molecule has 4 heteroatoms. The van der Waals surface area contributed by atoms with Crippen LogP contribution in [0.4, 0.5) is 0 Å². The van der Waals surface area contributed by atoms with Crippen LogP contribution < -0.4 is 5.73 Å². The minimum atomic E-state index is 0.175. The van der Waals surface area contributed by atoms with Gasteiger partial charge in [-0.15, -0.1) is 0 Å². The molecular weight excluding hydrogens is 156 g/mol. The van der Waals surface area contributed by atoms with Gasteiger partial charge in [-0.25, -0.2) is 0 Å². The van der Waals surface area contributed by atoms with Gasteiger partial charge in [0.2, 0.25) is 0 Å². The number of aliphatic hydroxyl groups excluding tert-OH is 1. The SMILES string of the molecule is COCCN(CCO)C(C)CN. The minimum absolute atomic E-state index is 0.175. The molecule has 0 aromatic rings. The first kappa shape index (κ1) is 11.8. The second-order valence-corrected chi connectivity index (χ2v) is 2.84. The summed E-state index contributed by atoms with van der Waals surface area (Å²) in [5, 5.41) is 8.76. The van der Waals surface area contributed by atoms with Gasteiger partial charge in [-0.2, -0.15) is 0 Å². The summed E-state index contributed by atoms with van der Waals surface area (Å²) in [6.07, 6.45) is 0. The lowest BCUT2D eigenvalue weighted by Crippen LogP contribution is -2.41. The monoisotopic (exact) mass is 176 g/mol. The van der Waals surface area contributed by atoms with E-state index >= 15 is 0 Å². The highest BCUT2D eigenvalue weighted by atomic mass is 16.5. The van der Waals surface area contributed by atoms with E-state index in [1.54, 1.807) is 7.11 Å². The van der Waals surface area contributed by atoms with E-state index in [1.165, 1.54) is 0 Å². The first-order valence-corrected chi connectivity index (χ1v) is 4.30. The van der Waals surface area contributed by atoms with Gasteiger partial charge in [0.05, 0.1) is 13.2 Å². The van der Waals surface area contributed by atoms with Gasteiger partial charge in [0.15, 0.2) is 0 Å². The van der Waals surface area contributed by atoms with Crippen molar-refractivity contribution in [3.8, 4) is 0 Å². The molecule has 1 atom stereocenters. The molecule has 3 N–H and O–H groups in total. The highest BCUT2D eigenvalue weighted by Gasteiger charge is 2.10. The molecule has 1 unspecified atom stereocenters. The fraction of sp³-hybridized carbons (Fsp3) is 1.00. The standard InChI is InChI=1S/C8H20N2O2/c1-8(7-9)10(3-5-11)4-6-12-2/h8,11H,3-7,9H2,1-2H3. The van der Waals surface area contributed by atoms with Gasteiger partial charge >= 0.3 is 0 Å². The first-order chi connectivity index (χ1) is 5.76. The summed E-state index contributed by atoms with van der Waals surface area (Å²) in [6.45, 7) is 5.02.